The molecule has 1 aliphatic heterocycles. The van der Waals surface area contributed by atoms with Gasteiger partial charge in [-0.05, 0) is 37.4 Å². The number of hydrogen-bond acceptors (Lipinski definition) is 8. The number of aromatic nitrogens is 4. The first-order valence-corrected chi connectivity index (χ1v) is 12.1. The highest BCUT2D eigenvalue weighted by atomic mass is 32.2. The summed E-state index contributed by atoms with van der Waals surface area (Å²) in [5, 5.41) is 0.717. The van der Waals surface area contributed by atoms with Crippen LogP contribution in [0.2, 0.25) is 0 Å². The van der Waals surface area contributed by atoms with Crippen LogP contribution in [0.25, 0.3) is 22.7 Å². The first-order chi connectivity index (χ1) is 15.7. The van der Waals surface area contributed by atoms with Gasteiger partial charge < -0.3 is 9.32 Å². The van der Waals surface area contributed by atoms with Crippen LogP contribution in [0.4, 0.5) is 5.82 Å². The predicted octanol–water partition coefficient (Wildman–Crippen LogP) is 4.07. The molecule has 3 aromatic heterocycles. The lowest BCUT2D eigenvalue weighted by atomic mass is 10.1. The number of fused-ring (bicyclic) bond motifs is 1. The molecule has 0 amide bonds. The molecule has 0 atom stereocenters. The summed E-state index contributed by atoms with van der Waals surface area (Å²) in [6.07, 6.45) is 4.82. The van der Waals surface area contributed by atoms with Crippen molar-refractivity contribution >= 4 is 28.8 Å². The third-order valence-corrected chi connectivity index (χ3v) is 6.33. The van der Waals surface area contributed by atoms with Gasteiger partial charge in [0.05, 0.1) is 0 Å². The van der Waals surface area contributed by atoms with Crippen LogP contribution in [-0.4, -0.2) is 63.8 Å². The van der Waals surface area contributed by atoms with Crippen molar-refractivity contribution in [1.29, 1.82) is 0 Å². The molecule has 5 rings (SSSR count). The van der Waals surface area contributed by atoms with Crippen molar-refractivity contribution in [2.45, 2.75) is 18.5 Å². The monoisotopic (exact) mass is 446 g/mol. The Morgan fingerprint density at radius 1 is 0.969 bits per heavy atom. The van der Waals surface area contributed by atoms with E-state index in [1.54, 1.807) is 0 Å². The van der Waals surface area contributed by atoms with Gasteiger partial charge in [0.1, 0.15) is 0 Å². The van der Waals surface area contributed by atoms with Crippen LogP contribution in [-0.2, 0) is 6.42 Å². The number of hydrogen-bond donors (Lipinski definition) is 0. The average molecular weight is 447 g/mol. The summed E-state index contributed by atoms with van der Waals surface area (Å²) in [6, 6.07) is 14.3. The first kappa shape index (κ1) is 20.9. The summed E-state index contributed by atoms with van der Waals surface area (Å²) < 4.78 is 6.20. The maximum Gasteiger partial charge on any atom is 0.229 e. The minimum absolute atomic E-state index is 0.586. The normalized spacial score (nSPS) is 14.9. The average Bonchev–Trinajstić information content (AvgIpc) is 3.28. The van der Waals surface area contributed by atoms with Gasteiger partial charge in [-0.2, -0.15) is 9.97 Å². The van der Waals surface area contributed by atoms with E-state index in [0.717, 1.165) is 56.2 Å². The van der Waals surface area contributed by atoms with E-state index >= 15 is 0 Å². The SMILES string of the molecule is CSc1nc(N2CCN(CCc3ccccn3)CC2)c2oc(-c3ccc(C)cc3)nc2n1. The van der Waals surface area contributed by atoms with E-state index in [9.17, 15) is 0 Å². The Bertz CT molecular complexity index is 1190. The van der Waals surface area contributed by atoms with Crippen LogP contribution >= 0.6 is 11.8 Å². The summed E-state index contributed by atoms with van der Waals surface area (Å²) in [5.74, 6) is 1.43. The van der Waals surface area contributed by atoms with E-state index in [0.29, 0.717) is 22.3 Å². The van der Waals surface area contributed by atoms with Crippen LogP contribution in [0, 0.1) is 6.92 Å². The van der Waals surface area contributed by atoms with Crippen LogP contribution in [0.1, 0.15) is 11.3 Å². The highest BCUT2D eigenvalue weighted by Crippen LogP contribution is 2.31. The van der Waals surface area contributed by atoms with Gasteiger partial charge in [0.2, 0.25) is 17.1 Å². The number of pyridine rings is 1. The van der Waals surface area contributed by atoms with Crippen molar-refractivity contribution < 1.29 is 4.42 Å². The first-order valence-electron chi connectivity index (χ1n) is 10.9. The highest BCUT2D eigenvalue weighted by molar-refractivity contribution is 7.98. The lowest BCUT2D eigenvalue weighted by molar-refractivity contribution is 0.259. The van der Waals surface area contributed by atoms with Crippen LogP contribution in [0.3, 0.4) is 0 Å². The van der Waals surface area contributed by atoms with Crippen molar-refractivity contribution in [2.24, 2.45) is 0 Å². The van der Waals surface area contributed by atoms with Gasteiger partial charge in [0.15, 0.2) is 11.0 Å². The van der Waals surface area contributed by atoms with Crippen LogP contribution in [0.5, 0.6) is 0 Å². The number of thioether (sulfide) groups is 1. The summed E-state index contributed by atoms with van der Waals surface area (Å²) in [7, 11) is 0. The van der Waals surface area contributed by atoms with Gasteiger partial charge in [-0.25, -0.2) is 4.98 Å². The van der Waals surface area contributed by atoms with Gasteiger partial charge >= 0.3 is 0 Å². The summed E-state index contributed by atoms with van der Waals surface area (Å²) in [5.41, 5.74) is 4.58. The Morgan fingerprint density at radius 2 is 1.78 bits per heavy atom. The topological polar surface area (TPSA) is 71.2 Å². The molecule has 4 heterocycles. The molecule has 4 aromatic rings. The third-order valence-electron chi connectivity index (χ3n) is 5.78. The van der Waals surface area contributed by atoms with Gasteiger partial charge in [0.25, 0.3) is 0 Å². The highest BCUT2D eigenvalue weighted by Gasteiger charge is 2.24. The minimum atomic E-state index is 0.586. The van der Waals surface area contributed by atoms with Crippen molar-refractivity contribution in [3.63, 3.8) is 0 Å². The largest absolute Gasteiger partial charge is 0.430 e. The number of nitrogens with zero attached hydrogens (tertiary/aromatic N) is 6. The van der Waals surface area contributed by atoms with Crippen LogP contribution < -0.4 is 4.90 Å². The summed E-state index contributed by atoms with van der Waals surface area (Å²) in [6.45, 7) is 6.82. The molecule has 0 saturated carbocycles. The van der Waals surface area contributed by atoms with E-state index < -0.39 is 0 Å². The van der Waals surface area contributed by atoms with Gasteiger partial charge in [-0.15, -0.1) is 0 Å². The fourth-order valence-corrected chi connectivity index (χ4v) is 4.27. The second kappa shape index (κ2) is 9.26. The van der Waals surface area contributed by atoms with Gasteiger partial charge in [-0.1, -0.05) is 35.5 Å². The summed E-state index contributed by atoms with van der Waals surface area (Å²) in [4.78, 5) is 23.3. The molecule has 32 heavy (non-hydrogen) atoms. The fraction of sp³-hybridized carbons (Fsp3) is 0.333. The number of oxazole rings is 1. The molecule has 0 bridgehead atoms. The molecular weight excluding hydrogens is 420 g/mol. The van der Waals surface area contributed by atoms with Gasteiger partial charge in [0, 0.05) is 56.6 Å². The number of rotatable bonds is 6. The van der Waals surface area contributed by atoms with Crippen molar-refractivity contribution in [3.05, 3.63) is 59.9 Å². The molecule has 164 valence electrons. The zero-order valence-electron chi connectivity index (χ0n) is 18.4. The maximum absolute atomic E-state index is 6.20. The van der Waals surface area contributed by atoms with E-state index in [1.165, 1.54) is 17.3 Å². The molecule has 1 fully saturated rings. The van der Waals surface area contributed by atoms with E-state index in [4.69, 9.17) is 9.40 Å². The van der Waals surface area contributed by atoms with Crippen molar-refractivity contribution in [3.8, 4) is 11.5 Å². The zero-order valence-corrected chi connectivity index (χ0v) is 19.2. The second-order valence-corrected chi connectivity index (χ2v) is 8.74. The number of benzene rings is 1. The Hall–Kier alpha value is -2.97. The Labute approximate surface area is 191 Å². The molecular formula is C24H26N6OS. The van der Waals surface area contributed by atoms with Crippen LogP contribution in [0.15, 0.2) is 58.2 Å². The molecule has 7 nitrogen and oxygen atoms in total. The van der Waals surface area contributed by atoms with Crippen molar-refractivity contribution in [1.82, 2.24) is 24.8 Å². The standard InChI is InChI=1S/C24H26N6OS/c1-17-6-8-18(9-7-17)23-26-21-20(31-23)22(28-24(27-21)32-2)30-15-13-29(14-16-30)12-10-19-5-3-4-11-25-19/h3-9,11H,10,12-16H2,1-2H3. The third kappa shape index (κ3) is 4.47. The molecule has 1 saturated heterocycles. The van der Waals surface area contributed by atoms with E-state index in [2.05, 4.69) is 49.9 Å². The quantitative estimate of drug-likeness (QED) is 0.324. The predicted molar refractivity (Wildman–Crippen MR) is 128 cm³/mol. The Kier molecular flexibility index (Phi) is 6.05. The molecule has 1 aliphatic rings. The lowest BCUT2D eigenvalue weighted by Crippen LogP contribution is -2.47. The molecule has 8 heteroatoms. The smallest absolute Gasteiger partial charge is 0.229 e. The van der Waals surface area contributed by atoms with E-state index in [1.807, 2.05) is 36.7 Å². The molecule has 0 radical (unpaired) electrons. The van der Waals surface area contributed by atoms with Gasteiger partial charge in [-0.3, -0.25) is 9.88 Å². The molecule has 0 unspecified atom stereocenters. The zero-order chi connectivity index (χ0) is 21.9. The second-order valence-electron chi connectivity index (χ2n) is 7.97. The Morgan fingerprint density at radius 3 is 2.50 bits per heavy atom. The fourth-order valence-electron chi connectivity index (χ4n) is 3.92. The number of anilines is 1. The Balaban J connectivity index is 1.34. The lowest BCUT2D eigenvalue weighted by Gasteiger charge is -2.35. The molecule has 0 aliphatic carbocycles. The maximum atomic E-state index is 6.20. The van der Waals surface area contributed by atoms with E-state index in [-0.39, 0.29) is 0 Å². The number of piperazine rings is 1. The number of aryl methyl sites for hydroxylation is 1. The molecule has 0 N–H and O–H groups in total. The molecule has 0 spiro atoms. The minimum Gasteiger partial charge on any atom is -0.430 e. The molecule has 1 aromatic carbocycles. The summed E-state index contributed by atoms with van der Waals surface area (Å²) >= 11 is 1.53. The van der Waals surface area contributed by atoms with Crippen molar-refractivity contribution in [2.75, 3.05) is 43.9 Å².